The predicted octanol–water partition coefficient (Wildman–Crippen LogP) is 3.02. The number of Topliss-reactive ketones (excluding diaryl/α,β-unsaturated/α-hetero) is 1. The SMILES string of the molecule is CN1C(=O)c2c(O)c(=O)c(C(=O)CCc3c(F)cc(F)cc3F)cn2N2Cc3ccccc3[C@@H]12. The van der Waals surface area contributed by atoms with Crippen LogP contribution in [-0.4, -0.2) is 33.4 Å². The predicted molar refractivity (Wildman–Crippen MR) is 115 cm³/mol. The van der Waals surface area contributed by atoms with E-state index in [1.807, 2.05) is 24.3 Å². The third-order valence-electron chi connectivity index (χ3n) is 6.29. The van der Waals surface area contributed by atoms with E-state index in [9.17, 15) is 32.7 Å². The molecule has 34 heavy (non-hydrogen) atoms. The van der Waals surface area contributed by atoms with Crippen molar-refractivity contribution in [2.24, 2.45) is 0 Å². The molecule has 0 saturated heterocycles. The van der Waals surface area contributed by atoms with Crippen LogP contribution in [0.1, 0.15) is 50.1 Å². The molecule has 1 atom stereocenters. The van der Waals surface area contributed by atoms with Crippen LogP contribution in [0.4, 0.5) is 13.2 Å². The highest BCUT2D eigenvalue weighted by Gasteiger charge is 2.43. The summed E-state index contributed by atoms with van der Waals surface area (Å²) in [5, 5.41) is 12.3. The molecule has 1 N–H and O–H groups in total. The Balaban J connectivity index is 1.53. The third kappa shape index (κ3) is 3.17. The van der Waals surface area contributed by atoms with Crippen molar-refractivity contribution in [1.29, 1.82) is 0 Å². The van der Waals surface area contributed by atoms with Gasteiger partial charge in [-0.3, -0.25) is 24.1 Å². The van der Waals surface area contributed by atoms with Gasteiger partial charge < -0.3 is 10.0 Å². The smallest absolute Gasteiger partial charge is 0.278 e. The van der Waals surface area contributed by atoms with Crippen LogP contribution < -0.4 is 10.4 Å². The molecule has 1 aromatic heterocycles. The third-order valence-corrected chi connectivity index (χ3v) is 6.29. The highest BCUT2D eigenvalue weighted by Crippen LogP contribution is 2.39. The van der Waals surface area contributed by atoms with Gasteiger partial charge >= 0.3 is 0 Å². The fourth-order valence-electron chi connectivity index (χ4n) is 4.61. The highest BCUT2D eigenvalue weighted by atomic mass is 19.1. The Bertz CT molecular complexity index is 1410. The number of halogens is 3. The molecule has 0 saturated carbocycles. The average Bonchev–Trinajstić information content (AvgIpc) is 3.18. The van der Waals surface area contributed by atoms with Gasteiger partial charge in [-0.25, -0.2) is 13.2 Å². The van der Waals surface area contributed by atoms with E-state index in [1.165, 1.54) is 15.8 Å². The van der Waals surface area contributed by atoms with Crippen LogP contribution in [0.25, 0.3) is 0 Å². The fraction of sp³-hybridized carbons (Fsp3) is 0.208. The second-order valence-corrected chi connectivity index (χ2v) is 8.27. The van der Waals surface area contributed by atoms with Gasteiger partial charge in [-0.15, -0.1) is 0 Å². The van der Waals surface area contributed by atoms with Crippen LogP contribution in [0.3, 0.4) is 0 Å². The number of carbonyl (C=O) groups excluding carboxylic acids is 2. The Morgan fingerprint density at radius 3 is 2.50 bits per heavy atom. The zero-order valence-corrected chi connectivity index (χ0v) is 17.9. The molecule has 5 rings (SSSR count). The van der Waals surface area contributed by atoms with Crippen molar-refractivity contribution in [2.75, 3.05) is 12.1 Å². The molecule has 3 aromatic rings. The van der Waals surface area contributed by atoms with Crippen LogP contribution in [0, 0.1) is 17.5 Å². The highest BCUT2D eigenvalue weighted by molar-refractivity contribution is 6.00. The Morgan fingerprint density at radius 1 is 1.12 bits per heavy atom. The second-order valence-electron chi connectivity index (χ2n) is 8.27. The Morgan fingerprint density at radius 2 is 1.79 bits per heavy atom. The van der Waals surface area contributed by atoms with E-state index in [0.717, 1.165) is 11.1 Å². The molecule has 2 aliphatic heterocycles. The number of ketones is 1. The molecule has 3 heterocycles. The summed E-state index contributed by atoms with van der Waals surface area (Å²) in [7, 11) is 1.56. The number of carbonyl (C=O) groups is 2. The summed E-state index contributed by atoms with van der Waals surface area (Å²) in [4.78, 5) is 40.1. The Labute approximate surface area is 191 Å². The minimum atomic E-state index is -1.14. The van der Waals surface area contributed by atoms with Crippen molar-refractivity contribution in [2.45, 2.75) is 25.6 Å². The summed E-state index contributed by atoms with van der Waals surface area (Å²) in [5.41, 5.74) is -0.414. The largest absolute Gasteiger partial charge is 0.502 e. The summed E-state index contributed by atoms with van der Waals surface area (Å²) in [6.07, 6.45) is -0.215. The first-order chi connectivity index (χ1) is 16.2. The molecule has 0 aliphatic carbocycles. The molecule has 10 heteroatoms. The maximum absolute atomic E-state index is 13.9. The standard InChI is InChI=1S/C24H18F3N3O4/c1-28-23-14-5-3-2-4-12(14)10-30(23)29-11-16(21(32)22(33)20(29)24(28)34)19(31)7-6-15-17(26)8-13(25)9-18(15)27/h2-5,8-9,11,23,33H,6-7,10H2,1H3/t23-/m0/s1. The number of aromatic hydroxyl groups is 1. The van der Waals surface area contributed by atoms with Crippen LogP contribution in [-0.2, 0) is 13.0 Å². The van der Waals surface area contributed by atoms with E-state index in [4.69, 9.17) is 0 Å². The van der Waals surface area contributed by atoms with E-state index in [1.54, 1.807) is 12.1 Å². The number of aromatic nitrogens is 1. The van der Waals surface area contributed by atoms with Gasteiger partial charge in [-0.2, -0.15) is 0 Å². The second kappa shape index (κ2) is 7.75. The zero-order valence-electron chi connectivity index (χ0n) is 17.9. The van der Waals surface area contributed by atoms with Crippen molar-refractivity contribution in [3.63, 3.8) is 0 Å². The molecule has 174 valence electrons. The molecule has 0 unspecified atom stereocenters. The van der Waals surface area contributed by atoms with Crippen molar-refractivity contribution >= 4 is 11.7 Å². The first-order valence-corrected chi connectivity index (χ1v) is 10.5. The van der Waals surface area contributed by atoms with Crippen LogP contribution in [0.5, 0.6) is 5.75 Å². The molecule has 0 spiro atoms. The zero-order chi connectivity index (χ0) is 24.3. The lowest BCUT2D eigenvalue weighted by Crippen LogP contribution is -2.52. The van der Waals surface area contributed by atoms with Gasteiger partial charge in [0.15, 0.2) is 17.2 Å². The number of hydrogen-bond acceptors (Lipinski definition) is 5. The number of amides is 1. The summed E-state index contributed by atoms with van der Waals surface area (Å²) in [5.74, 6) is -5.61. The Hall–Kier alpha value is -4.08. The van der Waals surface area contributed by atoms with E-state index in [0.29, 0.717) is 18.7 Å². The maximum atomic E-state index is 13.9. The van der Waals surface area contributed by atoms with Crippen molar-refractivity contribution in [1.82, 2.24) is 9.58 Å². The Kier molecular flexibility index (Phi) is 4.96. The van der Waals surface area contributed by atoms with E-state index >= 15 is 0 Å². The van der Waals surface area contributed by atoms with Crippen molar-refractivity contribution in [3.05, 3.63) is 98.2 Å². The van der Waals surface area contributed by atoms with Crippen LogP contribution in [0.15, 0.2) is 47.4 Å². The normalized spacial score (nSPS) is 16.4. The first-order valence-electron chi connectivity index (χ1n) is 10.5. The van der Waals surface area contributed by atoms with Crippen molar-refractivity contribution < 1.29 is 27.9 Å². The average molecular weight is 469 g/mol. The molecular formula is C24H18F3N3O4. The molecule has 2 aromatic carbocycles. The monoisotopic (exact) mass is 469 g/mol. The first kappa shape index (κ1) is 21.7. The molecule has 0 fully saturated rings. The van der Waals surface area contributed by atoms with E-state index in [-0.39, 0.29) is 5.69 Å². The molecular weight excluding hydrogens is 451 g/mol. The number of rotatable bonds is 4. The number of pyridine rings is 1. The lowest BCUT2D eigenvalue weighted by molar-refractivity contribution is 0.0640. The summed E-state index contributed by atoms with van der Waals surface area (Å²) >= 11 is 0. The van der Waals surface area contributed by atoms with Gasteiger partial charge in [0.05, 0.1) is 12.1 Å². The summed E-state index contributed by atoms with van der Waals surface area (Å²) in [6.45, 7) is 0.355. The number of nitrogens with zero attached hydrogens (tertiary/aromatic N) is 3. The van der Waals surface area contributed by atoms with Gasteiger partial charge in [-0.1, -0.05) is 24.3 Å². The van der Waals surface area contributed by atoms with E-state index in [2.05, 4.69) is 0 Å². The van der Waals surface area contributed by atoms with Gasteiger partial charge in [0.2, 0.25) is 5.43 Å². The summed E-state index contributed by atoms with van der Waals surface area (Å²) < 4.78 is 42.3. The lowest BCUT2D eigenvalue weighted by Gasteiger charge is -2.41. The lowest BCUT2D eigenvalue weighted by atomic mass is 10.0. The van der Waals surface area contributed by atoms with Gasteiger partial charge in [0.25, 0.3) is 5.91 Å². The van der Waals surface area contributed by atoms with Crippen LogP contribution in [0.2, 0.25) is 0 Å². The van der Waals surface area contributed by atoms with Crippen LogP contribution >= 0.6 is 0 Å². The topological polar surface area (TPSA) is 82.9 Å². The molecule has 0 bridgehead atoms. The quantitative estimate of drug-likeness (QED) is 0.594. The number of hydrogen-bond donors (Lipinski definition) is 1. The minimum absolute atomic E-state index is 0.274. The minimum Gasteiger partial charge on any atom is -0.502 e. The molecule has 0 radical (unpaired) electrons. The fourth-order valence-corrected chi connectivity index (χ4v) is 4.61. The number of benzene rings is 2. The number of fused-ring (bicyclic) bond motifs is 5. The van der Waals surface area contributed by atoms with Gasteiger partial charge in [0.1, 0.15) is 23.6 Å². The summed E-state index contributed by atoms with van der Waals surface area (Å²) in [6, 6.07) is 8.47. The van der Waals surface area contributed by atoms with Crippen molar-refractivity contribution in [3.8, 4) is 5.75 Å². The van der Waals surface area contributed by atoms with E-state index < -0.39 is 70.5 Å². The van der Waals surface area contributed by atoms with Gasteiger partial charge in [-0.05, 0) is 12.0 Å². The molecule has 7 nitrogen and oxygen atoms in total. The maximum Gasteiger partial charge on any atom is 0.278 e. The molecule has 1 amide bonds. The molecule has 2 aliphatic rings. The van der Waals surface area contributed by atoms with Gasteiger partial charge in [0, 0.05) is 42.9 Å².